The molecule has 1 aromatic carbocycles. The molecule has 22 heavy (non-hydrogen) atoms. The first-order chi connectivity index (χ1) is 10.4. The van der Waals surface area contributed by atoms with Gasteiger partial charge in [-0.15, -0.1) is 0 Å². The smallest absolute Gasteiger partial charge is 0.344 e. The molecule has 0 aromatic heterocycles. The van der Waals surface area contributed by atoms with Gasteiger partial charge in [0.15, 0.2) is 17.6 Å². The van der Waals surface area contributed by atoms with Gasteiger partial charge in [0.05, 0.1) is 12.0 Å². The molecule has 1 saturated heterocycles. The third-order valence-electron chi connectivity index (χ3n) is 2.78. The fourth-order valence-corrected chi connectivity index (χ4v) is 2.73. The van der Waals surface area contributed by atoms with Crippen molar-refractivity contribution >= 4 is 46.3 Å². The van der Waals surface area contributed by atoms with E-state index in [1.807, 2.05) is 0 Å². The van der Waals surface area contributed by atoms with Crippen molar-refractivity contribution in [2.75, 3.05) is 7.11 Å². The highest BCUT2D eigenvalue weighted by Crippen LogP contribution is 2.32. The molecule has 2 rings (SSSR count). The summed E-state index contributed by atoms with van der Waals surface area (Å²) in [6, 6.07) is 4.96. The number of thiocarbonyl (C=S) groups is 1. The molecule has 0 aliphatic carbocycles. The van der Waals surface area contributed by atoms with E-state index < -0.39 is 12.1 Å². The molecule has 1 aromatic rings. The summed E-state index contributed by atoms with van der Waals surface area (Å²) in [5.41, 5.74) is 0.717. The molecule has 116 valence electrons. The first-order valence-electron chi connectivity index (χ1n) is 6.23. The molecule has 1 heterocycles. The number of benzene rings is 1. The van der Waals surface area contributed by atoms with Gasteiger partial charge in [-0.25, -0.2) is 4.79 Å². The van der Waals surface area contributed by atoms with E-state index in [1.54, 1.807) is 24.3 Å². The van der Waals surface area contributed by atoms with Crippen LogP contribution in [0.1, 0.15) is 12.5 Å². The molecular weight excluding hydrogens is 326 g/mol. The summed E-state index contributed by atoms with van der Waals surface area (Å²) in [6.07, 6.45) is 0.679. The van der Waals surface area contributed by atoms with E-state index >= 15 is 0 Å². The summed E-state index contributed by atoms with van der Waals surface area (Å²) in [7, 11) is 1.46. The number of thioether (sulfide) groups is 1. The number of hydrogen-bond acceptors (Lipinski definition) is 6. The maximum Gasteiger partial charge on any atom is 0.344 e. The van der Waals surface area contributed by atoms with Gasteiger partial charge in [-0.1, -0.05) is 30.0 Å². The van der Waals surface area contributed by atoms with Crippen molar-refractivity contribution in [3.8, 4) is 11.5 Å². The Kier molecular flexibility index (Phi) is 5.04. The molecule has 0 saturated carbocycles. The standard InChI is InChI=1S/C14H13NO5S2/c1-7(13(17)18)20-9-4-3-8(5-10(9)19-2)6-11-12(16)15-14(21)22-11/h3-7H,1-2H3,(H,17,18)(H,15,16,21). The number of hydrogen-bond donors (Lipinski definition) is 2. The predicted octanol–water partition coefficient (Wildman–Crippen LogP) is 2.04. The molecular formula is C14H13NO5S2. The fraction of sp³-hybridized carbons (Fsp3) is 0.214. The van der Waals surface area contributed by atoms with Crippen LogP contribution in [0.2, 0.25) is 0 Å². The summed E-state index contributed by atoms with van der Waals surface area (Å²) < 4.78 is 10.9. The van der Waals surface area contributed by atoms with Crippen molar-refractivity contribution in [2.45, 2.75) is 13.0 Å². The largest absolute Gasteiger partial charge is 0.493 e. The van der Waals surface area contributed by atoms with Gasteiger partial charge in [-0.05, 0) is 30.7 Å². The number of carbonyl (C=O) groups is 2. The Hall–Kier alpha value is -2.06. The zero-order chi connectivity index (χ0) is 16.3. The van der Waals surface area contributed by atoms with Crippen LogP contribution >= 0.6 is 24.0 Å². The quantitative estimate of drug-likeness (QED) is 0.627. The third-order valence-corrected chi connectivity index (χ3v) is 3.94. The molecule has 0 spiro atoms. The molecule has 8 heteroatoms. The van der Waals surface area contributed by atoms with Gasteiger partial charge in [-0.3, -0.25) is 4.79 Å². The maximum absolute atomic E-state index is 11.6. The number of aliphatic carboxylic acids is 1. The molecule has 0 bridgehead atoms. The fourth-order valence-electron chi connectivity index (χ4n) is 1.68. The summed E-state index contributed by atoms with van der Waals surface area (Å²) in [6.45, 7) is 1.43. The Labute approximate surface area is 136 Å². The number of nitrogens with one attached hydrogen (secondary N) is 1. The van der Waals surface area contributed by atoms with Gasteiger partial charge in [0.1, 0.15) is 4.32 Å². The van der Waals surface area contributed by atoms with Gasteiger partial charge in [0.25, 0.3) is 5.91 Å². The number of ether oxygens (including phenoxy) is 2. The predicted molar refractivity (Wildman–Crippen MR) is 87.0 cm³/mol. The monoisotopic (exact) mass is 339 g/mol. The minimum absolute atomic E-state index is 0.242. The van der Waals surface area contributed by atoms with Crippen LogP contribution in [0.3, 0.4) is 0 Å². The second-order valence-electron chi connectivity index (χ2n) is 4.36. The lowest BCUT2D eigenvalue weighted by molar-refractivity contribution is -0.144. The van der Waals surface area contributed by atoms with Crippen molar-refractivity contribution in [2.24, 2.45) is 0 Å². The lowest BCUT2D eigenvalue weighted by Crippen LogP contribution is -2.23. The highest BCUT2D eigenvalue weighted by molar-refractivity contribution is 8.26. The number of carbonyl (C=O) groups excluding carboxylic acids is 1. The first-order valence-corrected chi connectivity index (χ1v) is 7.45. The van der Waals surface area contributed by atoms with Gasteiger partial charge >= 0.3 is 5.97 Å². The lowest BCUT2D eigenvalue weighted by atomic mass is 10.2. The summed E-state index contributed by atoms with van der Waals surface area (Å²) in [5.74, 6) is -0.610. The normalized spacial score (nSPS) is 17.3. The van der Waals surface area contributed by atoms with E-state index in [-0.39, 0.29) is 5.91 Å². The molecule has 0 radical (unpaired) electrons. The Balaban J connectivity index is 2.26. The Morgan fingerprint density at radius 2 is 2.18 bits per heavy atom. The van der Waals surface area contributed by atoms with Gasteiger partial charge in [-0.2, -0.15) is 0 Å². The molecule has 1 unspecified atom stereocenters. The Morgan fingerprint density at radius 1 is 1.45 bits per heavy atom. The van der Waals surface area contributed by atoms with E-state index in [1.165, 1.54) is 25.8 Å². The van der Waals surface area contributed by atoms with Crippen LogP contribution in [0.5, 0.6) is 11.5 Å². The van der Waals surface area contributed by atoms with Crippen LogP contribution in [0.25, 0.3) is 6.08 Å². The van der Waals surface area contributed by atoms with Crippen LogP contribution in [-0.2, 0) is 9.59 Å². The average Bonchev–Trinajstić information content (AvgIpc) is 2.78. The number of carboxylic acids is 1. The van der Waals surface area contributed by atoms with Crippen LogP contribution in [0.15, 0.2) is 23.1 Å². The molecule has 2 N–H and O–H groups in total. The Morgan fingerprint density at radius 3 is 2.73 bits per heavy atom. The number of methoxy groups -OCH3 is 1. The van der Waals surface area contributed by atoms with E-state index in [0.717, 1.165) is 5.56 Å². The van der Waals surface area contributed by atoms with Crippen molar-refractivity contribution in [3.05, 3.63) is 28.7 Å². The van der Waals surface area contributed by atoms with Gasteiger partial charge in [0.2, 0.25) is 0 Å². The van der Waals surface area contributed by atoms with E-state index in [4.69, 9.17) is 26.8 Å². The molecule has 6 nitrogen and oxygen atoms in total. The van der Waals surface area contributed by atoms with Crippen LogP contribution in [0.4, 0.5) is 0 Å². The van der Waals surface area contributed by atoms with Crippen LogP contribution in [0, 0.1) is 0 Å². The van der Waals surface area contributed by atoms with E-state index in [2.05, 4.69) is 5.32 Å². The third kappa shape index (κ3) is 3.77. The van der Waals surface area contributed by atoms with E-state index in [0.29, 0.717) is 20.7 Å². The second-order valence-corrected chi connectivity index (χ2v) is 6.08. The number of rotatable bonds is 5. The van der Waals surface area contributed by atoms with Crippen LogP contribution < -0.4 is 14.8 Å². The zero-order valence-corrected chi connectivity index (χ0v) is 13.4. The second kappa shape index (κ2) is 6.80. The lowest BCUT2D eigenvalue weighted by Gasteiger charge is -2.14. The summed E-state index contributed by atoms with van der Waals surface area (Å²) in [4.78, 5) is 22.9. The summed E-state index contributed by atoms with van der Waals surface area (Å²) >= 11 is 6.10. The molecule has 1 amide bonds. The topological polar surface area (TPSA) is 84.9 Å². The SMILES string of the molecule is COc1cc(C=C2SC(=S)NC2=O)ccc1OC(C)C(=O)O. The highest BCUT2D eigenvalue weighted by Gasteiger charge is 2.22. The minimum Gasteiger partial charge on any atom is -0.493 e. The van der Waals surface area contributed by atoms with Gasteiger partial charge < -0.3 is 19.9 Å². The molecule has 1 atom stereocenters. The number of carboxylic acid groups (broad SMARTS) is 1. The van der Waals surface area contributed by atoms with Crippen molar-refractivity contribution < 1.29 is 24.2 Å². The first kappa shape index (κ1) is 16.3. The maximum atomic E-state index is 11.6. The molecule has 1 aliphatic rings. The average molecular weight is 339 g/mol. The van der Waals surface area contributed by atoms with Crippen molar-refractivity contribution in [3.63, 3.8) is 0 Å². The van der Waals surface area contributed by atoms with Gasteiger partial charge in [0, 0.05) is 0 Å². The van der Waals surface area contributed by atoms with E-state index in [9.17, 15) is 9.59 Å². The molecule has 1 aliphatic heterocycles. The molecule has 1 fully saturated rings. The van der Waals surface area contributed by atoms with Crippen LogP contribution in [-0.4, -0.2) is 34.5 Å². The zero-order valence-electron chi connectivity index (χ0n) is 11.8. The summed E-state index contributed by atoms with van der Waals surface area (Å²) in [5, 5.41) is 11.4. The minimum atomic E-state index is -1.07. The van der Waals surface area contributed by atoms with Crippen molar-refractivity contribution in [1.82, 2.24) is 5.32 Å². The Bertz CT molecular complexity index is 671. The highest BCUT2D eigenvalue weighted by atomic mass is 32.2. The number of amides is 1. The van der Waals surface area contributed by atoms with Crippen molar-refractivity contribution in [1.29, 1.82) is 0 Å².